The van der Waals surface area contributed by atoms with Gasteiger partial charge < -0.3 is 20.8 Å². The average Bonchev–Trinajstić information content (AvgIpc) is 3.03. The molecule has 9 nitrogen and oxygen atoms in total. The number of carbonyl (C=O) groups is 3. The Balaban J connectivity index is 2.09. The van der Waals surface area contributed by atoms with Crippen LogP contribution < -0.4 is 10.6 Å². The van der Waals surface area contributed by atoms with Crippen LogP contribution in [0.3, 0.4) is 0 Å². The van der Waals surface area contributed by atoms with E-state index >= 15 is 0 Å². The number of aliphatic carboxylic acids is 1. The second kappa shape index (κ2) is 7.98. The zero-order valence-corrected chi connectivity index (χ0v) is 14.5. The van der Waals surface area contributed by atoms with Gasteiger partial charge in [-0.1, -0.05) is 37.1 Å². The molecule has 0 saturated heterocycles. The lowest BCUT2D eigenvalue weighted by atomic mass is 10.1. The van der Waals surface area contributed by atoms with E-state index in [1.165, 1.54) is 12.1 Å². The maximum atomic E-state index is 12.1. The Bertz CT molecular complexity index is 838. The fourth-order valence-corrected chi connectivity index (χ4v) is 2.39. The van der Waals surface area contributed by atoms with Crippen LogP contribution in [0.5, 0.6) is 0 Å². The monoisotopic (exact) mass is 380 g/mol. The summed E-state index contributed by atoms with van der Waals surface area (Å²) in [6.07, 6.45) is 0.170. The maximum absolute atomic E-state index is 12.1. The molecule has 1 atom stereocenters. The molecular formula is C16H17ClN4O5. The number of hydrogen-bond acceptors (Lipinski definition) is 5. The number of nitrogens with zero attached hydrogens (tertiary/aromatic N) is 1. The summed E-state index contributed by atoms with van der Waals surface area (Å²) in [7, 11) is 0. The van der Waals surface area contributed by atoms with Crippen molar-refractivity contribution in [3.05, 3.63) is 46.6 Å². The van der Waals surface area contributed by atoms with Crippen LogP contribution in [0.2, 0.25) is 5.02 Å². The Morgan fingerprint density at radius 3 is 2.58 bits per heavy atom. The molecule has 1 heterocycles. The van der Waals surface area contributed by atoms with Crippen LogP contribution >= 0.6 is 11.6 Å². The van der Waals surface area contributed by atoms with E-state index in [9.17, 15) is 19.5 Å². The second-order valence-corrected chi connectivity index (χ2v) is 5.88. The van der Waals surface area contributed by atoms with Gasteiger partial charge in [0.1, 0.15) is 5.69 Å². The van der Waals surface area contributed by atoms with Crippen LogP contribution in [-0.4, -0.2) is 43.9 Å². The standard InChI is InChI=1S/C16H17ClN4O5/c1-2-7-16(26,15(24)25)19-14(23)11-8-12(21-20-11)18-13(22)9-5-3-4-6-10(9)17/h3-6,8,26H,2,7H2,1H3,(H,19,23)(H,24,25)(H2,18,20,21,22). The number of carboxylic acid groups (broad SMARTS) is 1. The molecule has 1 aromatic heterocycles. The van der Waals surface area contributed by atoms with E-state index < -0.39 is 23.5 Å². The first-order chi connectivity index (χ1) is 12.3. The molecule has 0 aliphatic heterocycles. The predicted octanol–water partition coefficient (Wildman–Crippen LogP) is 1.62. The number of halogens is 1. The summed E-state index contributed by atoms with van der Waals surface area (Å²) in [5, 5.41) is 30.0. The highest BCUT2D eigenvalue weighted by molar-refractivity contribution is 6.34. The van der Waals surface area contributed by atoms with E-state index in [4.69, 9.17) is 16.7 Å². The van der Waals surface area contributed by atoms with Crippen molar-refractivity contribution in [2.24, 2.45) is 0 Å². The Hall–Kier alpha value is -2.91. The number of benzene rings is 1. The highest BCUT2D eigenvalue weighted by atomic mass is 35.5. The van der Waals surface area contributed by atoms with Crippen LogP contribution in [0.15, 0.2) is 30.3 Å². The summed E-state index contributed by atoms with van der Waals surface area (Å²) in [6, 6.07) is 7.61. The zero-order valence-electron chi connectivity index (χ0n) is 13.7. The minimum Gasteiger partial charge on any atom is -0.478 e. The summed E-state index contributed by atoms with van der Waals surface area (Å²) < 4.78 is 0. The summed E-state index contributed by atoms with van der Waals surface area (Å²) >= 11 is 5.94. The molecule has 1 unspecified atom stereocenters. The number of nitrogens with one attached hydrogen (secondary N) is 3. The fourth-order valence-electron chi connectivity index (χ4n) is 2.17. The molecule has 26 heavy (non-hydrogen) atoms. The number of anilines is 1. The summed E-state index contributed by atoms with van der Waals surface area (Å²) in [4.78, 5) is 35.4. The fraction of sp³-hybridized carbons (Fsp3) is 0.250. The van der Waals surface area contributed by atoms with Gasteiger partial charge >= 0.3 is 5.97 Å². The van der Waals surface area contributed by atoms with E-state index in [1.54, 1.807) is 25.1 Å². The minimum absolute atomic E-state index is 0.0365. The lowest BCUT2D eigenvalue weighted by molar-refractivity contribution is -0.161. The van der Waals surface area contributed by atoms with Crippen LogP contribution in [-0.2, 0) is 4.79 Å². The molecular weight excluding hydrogens is 364 g/mol. The van der Waals surface area contributed by atoms with Crippen molar-refractivity contribution < 1.29 is 24.6 Å². The number of hydrogen-bond donors (Lipinski definition) is 5. The molecule has 10 heteroatoms. The van der Waals surface area contributed by atoms with E-state index in [1.807, 2.05) is 5.32 Å². The van der Waals surface area contributed by atoms with Crippen molar-refractivity contribution in [2.45, 2.75) is 25.5 Å². The molecule has 0 aliphatic rings. The summed E-state index contributed by atoms with van der Waals surface area (Å²) in [5.74, 6) is -2.94. The number of amides is 2. The van der Waals surface area contributed by atoms with Gasteiger partial charge in [0.15, 0.2) is 5.82 Å². The number of aliphatic hydroxyl groups is 1. The van der Waals surface area contributed by atoms with Gasteiger partial charge in [0.05, 0.1) is 10.6 Å². The minimum atomic E-state index is -2.39. The molecule has 0 spiro atoms. The Morgan fingerprint density at radius 1 is 1.27 bits per heavy atom. The first kappa shape index (κ1) is 19.4. The van der Waals surface area contributed by atoms with E-state index in [0.29, 0.717) is 6.42 Å². The molecule has 2 rings (SSSR count). The molecule has 0 bridgehead atoms. The lowest BCUT2D eigenvalue weighted by Crippen LogP contribution is -2.54. The molecule has 1 aromatic carbocycles. The molecule has 0 radical (unpaired) electrons. The van der Waals surface area contributed by atoms with Crippen molar-refractivity contribution in [1.82, 2.24) is 15.5 Å². The van der Waals surface area contributed by atoms with Crippen LogP contribution in [0.1, 0.15) is 40.6 Å². The Labute approximate surface area is 153 Å². The zero-order chi connectivity index (χ0) is 19.3. The first-order valence-electron chi connectivity index (χ1n) is 7.66. The van der Waals surface area contributed by atoms with E-state index in [2.05, 4.69) is 15.5 Å². The van der Waals surface area contributed by atoms with Gasteiger partial charge in [-0.3, -0.25) is 14.7 Å². The first-order valence-corrected chi connectivity index (χ1v) is 8.04. The average molecular weight is 381 g/mol. The molecule has 138 valence electrons. The van der Waals surface area contributed by atoms with Gasteiger partial charge in [-0.15, -0.1) is 0 Å². The van der Waals surface area contributed by atoms with Gasteiger partial charge in [0.25, 0.3) is 11.8 Å². The summed E-state index contributed by atoms with van der Waals surface area (Å²) in [5.41, 5.74) is -2.29. The van der Waals surface area contributed by atoms with Gasteiger partial charge in [0, 0.05) is 12.5 Å². The van der Waals surface area contributed by atoms with Crippen molar-refractivity contribution in [3.8, 4) is 0 Å². The van der Waals surface area contributed by atoms with E-state index in [0.717, 1.165) is 0 Å². The van der Waals surface area contributed by atoms with Crippen molar-refractivity contribution in [3.63, 3.8) is 0 Å². The molecule has 0 saturated carbocycles. The van der Waals surface area contributed by atoms with Gasteiger partial charge in [0.2, 0.25) is 5.72 Å². The summed E-state index contributed by atoms with van der Waals surface area (Å²) in [6.45, 7) is 1.67. The second-order valence-electron chi connectivity index (χ2n) is 5.47. The highest BCUT2D eigenvalue weighted by Crippen LogP contribution is 2.17. The molecule has 2 amide bonds. The van der Waals surface area contributed by atoms with Crippen LogP contribution in [0.25, 0.3) is 0 Å². The molecule has 5 N–H and O–H groups in total. The van der Waals surface area contributed by atoms with Gasteiger partial charge in [-0.25, -0.2) is 4.79 Å². The number of rotatable bonds is 7. The third-order valence-corrected chi connectivity index (χ3v) is 3.80. The SMILES string of the molecule is CCCC(O)(NC(=O)c1cc(NC(=O)c2ccccc2Cl)n[nH]1)C(=O)O. The van der Waals surface area contributed by atoms with Crippen LogP contribution in [0, 0.1) is 0 Å². The predicted molar refractivity (Wildman–Crippen MR) is 93.0 cm³/mol. The topological polar surface area (TPSA) is 144 Å². The van der Waals surface area contributed by atoms with Gasteiger partial charge in [-0.2, -0.15) is 5.10 Å². The third kappa shape index (κ3) is 4.38. The van der Waals surface area contributed by atoms with Crippen molar-refractivity contribution >= 4 is 35.2 Å². The third-order valence-electron chi connectivity index (χ3n) is 3.47. The van der Waals surface area contributed by atoms with Crippen molar-refractivity contribution in [2.75, 3.05) is 5.32 Å². The van der Waals surface area contributed by atoms with Crippen molar-refractivity contribution in [1.29, 1.82) is 0 Å². The Morgan fingerprint density at radius 2 is 1.96 bits per heavy atom. The quantitative estimate of drug-likeness (QED) is 0.461. The van der Waals surface area contributed by atoms with Crippen LogP contribution in [0.4, 0.5) is 5.82 Å². The molecule has 0 aliphatic carbocycles. The van der Waals surface area contributed by atoms with Gasteiger partial charge in [-0.05, 0) is 12.1 Å². The largest absolute Gasteiger partial charge is 0.478 e. The molecule has 0 fully saturated rings. The number of aromatic amines is 1. The lowest BCUT2D eigenvalue weighted by Gasteiger charge is -2.23. The number of carboxylic acids is 1. The maximum Gasteiger partial charge on any atom is 0.357 e. The van der Waals surface area contributed by atoms with E-state index in [-0.39, 0.29) is 28.5 Å². The number of H-pyrrole nitrogens is 1. The smallest absolute Gasteiger partial charge is 0.357 e. The number of carbonyl (C=O) groups excluding carboxylic acids is 2. The number of aromatic nitrogens is 2. The Kier molecular flexibility index (Phi) is 5.96. The normalized spacial score (nSPS) is 12.9. The molecule has 2 aromatic rings. The highest BCUT2D eigenvalue weighted by Gasteiger charge is 2.37.